The fraction of sp³-hybridized carbons (Fsp3) is 0.333. The number of rotatable bonds is 4. The quantitative estimate of drug-likeness (QED) is 0.744. The highest BCUT2D eigenvalue weighted by Gasteiger charge is 2.07. The molecule has 0 fully saturated rings. The number of nitrogens with one attached hydrogen (secondary N) is 1. The third kappa shape index (κ3) is 4.01. The fourth-order valence-electron chi connectivity index (χ4n) is 1.40. The molecular formula is C12H15N3O. The molecule has 1 rings (SSSR count). The van der Waals surface area contributed by atoms with Gasteiger partial charge in [0.05, 0.1) is 18.9 Å². The maximum atomic E-state index is 11.5. The van der Waals surface area contributed by atoms with Crippen LogP contribution in [0.25, 0.3) is 0 Å². The van der Waals surface area contributed by atoms with E-state index >= 15 is 0 Å². The number of nitrogens with zero attached hydrogens (tertiary/aromatic N) is 1. The summed E-state index contributed by atoms with van der Waals surface area (Å²) >= 11 is 0. The van der Waals surface area contributed by atoms with Gasteiger partial charge in [0.2, 0.25) is 5.91 Å². The summed E-state index contributed by atoms with van der Waals surface area (Å²) in [6, 6.07) is 9.12. The first-order valence-electron chi connectivity index (χ1n) is 5.12. The van der Waals surface area contributed by atoms with Gasteiger partial charge in [-0.15, -0.1) is 0 Å². The second kappa shape index (κ2) is 5.76. The van der Waals surface area contributed by atoms with Crippen molar-refractivity contribution in [2.75, 3.05) is 5.73 Å². The summed E-state index contributed by atoms with van der Waals surface area (Å²) in [5, 5.41) is 11.2. The predicted octanol–water partition coefficient (Wildman–Crippen LogP) is 1.23. The van der Waals surface area contributed by atoms with E-state index < -0.39 is 0 Å². The minimum absolute atomic E-state index is 0.0895. The van der Waals surface area contributed by atoms with Gasteiger partial charge in [-0.05, 0) is 24.6 Å². The normalized spacial score (nSPS) is 11.5. The van der Waals surface area contributed by atoms with Crippen LogP contribution in [0.15, 0.2) is 24.3 Å². The molecule has 0 saturated heterocycles. The Bertz CT molecular complexity index is 409. The Balaban J connectivity index is 2.49. The average Bonchev–Trinajstić information content (AvgIpc) is 2.17. The number of benzene rings is 1. The Hall–Kier alpha value is -2.02. The van der Waals surface area contributed by atoms with E-state index in [1.807, 2.05) is 18.2 Å². The van der Waals surface area contributed by atoms with E-state index in [4.69, 9.17) is 11.0 Å². The zero-order chi connectivity index (χ0) is 12.0. The summed E-state index contributed by atoms with van der Waals surface area (Å²) in [5.41, 5.74) is 7.13. The number of nitrogens with two attached hydrogens (primary N) is 1. The summed E-state index contributed by atoms with van der Waals surface area (Å²) in [5.74, 6) is -0.0895. The lowest BCUT2D eigenvalue weighted by Crippen LogP contribution is -2.33. The average molecular weight is 217 g/mol. The van der Waals surface area contributed by atoms with Crippen molar-refractivity contribution in [1.82, 2.24) is 5.32 Å². The van der Waals surface area contributed by atoms with Crippen LogP contribution in [0.3, 0.4) is 0 Å². The summed E-state index contributed by atoms with van der Waals surface area (Å²) in [6.07, 6.45) is 0.615. The van der Waals surface area contributed by atoms with Gasteiger partial charge in [-0.1, -0.05) is 12.1 Å². The maximum absolute atomic E-state index is 11.5. The number of carbonyl (C=O) groups excluding carboxylic acids is 1. The van der Waals surface area contributed by atoms with Crippen LogP contribution in [-0.2, 0) is 11.2 Å². The summed E-state index contributed by atoms with van der Waals surface area (Å²) in [7, 11) is 0. The number of anilines is 1. The van der Waals surface area contributed by atoms with Crippen molar-refractivity contribution in [3.8, 4) is 6.07 Å². The van der Waals surface area contributed by atoms with Gasteiger partial charge in [0.25, 0.3) is 0 Å². The van der Waals surface area contributed by atoms with Gasteiger partial charge in [-0.2, -0.15) is 5.26 Å². The van der Waals surface area contributed by atoms with Crippen molar-refractivity contribution in [3.63, 3.8) is 0 Å². The number of hydrogen-bond donors (Lipinski definition) is 2. The third-order valence-corrected chi connectivity index (χ3v) is 2.12. The first kappa shape index (κ1) is 12.1. The van der Waals surface area contributed by atoms with Gasteiger partial charge in [-0.25, -0.2) is 0 Å². The minimum atomic E-state index is -0.112. The Morgan fingerprint density at radius 1 is 1.62 bits per heavy atom. The second-order valence-corrected chi connectivity index (χ2v) is 3.75. The third-order valence-electron chi connectivity index (χ3n) is 2.12. The van der Waals surface area contributed by atoms with E-state index in [0.717, 1.165) is 5.56 Å². The van der Waals surface area contributed by atoms with Crippen LogP contribution in [0.1, 0.15) is 18.9 Å². The van der Waals surface area contributed by atoms with E-state index in [9.17, 15) is 4.79 Å². The number of hydrogen-bond acceptors (Lipinski definition) is 3. The van der Waals surface area contributed by atoms with Crippen LogP contribution in [-0.4, -0.2) is 11.9 Å². The monoisotopic (exact) mass is 217 g/mol. The Morgan fingerprint density at radius 2 is 2.38 bits per heavy atom. The van der Waals surface area contributed by atoms with Gasteiger partial charge in [0, 0.05) is 11.7 Å². The zero-order valence-corrected chi connectivity index (χ0v) is 9.23. The highest BCUT2D eigenvalue weighted by Crippen LogP contribution is 2.07. The van der Waals surface area contributed by atoms with Gasteiger partial charge in [-0.3, -0.25) is 4.79 Å². The minimum Gasteiger partial charge on any atom is -0.399 e. The molecule has 0 aliphatic rings. The maximum Gasteiger partial charge on any atom is 0.224 e. The number of carbonyl (C=O) groups is 1. The SMILES string of the molecule is CC(CC#N)NC(=O)Cc1cccc(N)c1. The Kier molecular flexibility index (Phi) is 4.34. The molecule has 1 unspecified atom stereocenters. The van der Waals surface area contributed by atoms with E-state index in [1.165, 1.54) is 0 Å². The lowest BCUT2D eigenvalue weighted by Gasteiger charge is -2.10. The molecule has 84 valence electrons. The van der Waals surface area contributed by atoms with Crippen LogP contribution in [0, 0.1) is 11.3 Å². The number of amides is 1. The molecule has 0 bridgehead atoms. The molecular weight excluding hydrogens is 202 g/mol. The first-order valence-corrected chi connectivity index (χ1v) is 5.12. The molecule has 1 aromatic rings. The number of nitriles is 1. The molecule has 0 saturated carbocycles. The van der Waals surface area contributed by atoms with Gasteiger partial charge >= 0.3 is 0 Å². The second-order valence-electron chi connectivity index (χ2n) is 3.75. The molecule has 1 amide bonds. The van der Waals surface area contributed by atoms with Crippen molar-refractivity contribution in [3.05, 3.63) is 29.8 Å². The first-order chi connectivity index (χ1) is 7.61. The molecule has 0 aromatic heterocycles. The molecule has 0 radical (unpaired) electrons. The fourth-order valence-corrected chi connectivity index (χ4v) is 1.40. The lowest BCUT2D eigenvalue weighted by molar-refractivity contribution is -0.121. The smallest absolute Gasteiger partial charge is 0.224 e. The molecule has 16 heavy (non-hydrogen) atoms. The van der Waals surface area contributed by atoms with Gasteiger partial charge < -0.3 is 11.1 Å². The summed E-state index contributed by atoms with van der Waals surface area (Å²) in [4.78, 5) is 11.5. The van der Waals surface area contributed by atoms with Crippen LogP contribution < -0.4 is 11.1 Å². The highest BCUT2D eigenvalue weighted by molar-refractivity contribution is 5.79. The topological polar surface area (TPSA) is 78.9 Å². The Morgan fingerprint density at radius 3 is 3.00 bits per heavy atom. The molecule has 4 nitrogen and oxygen atoms in total. The zero-order valence-electron chi connectivity index (χ0n) is 9.23. The van der Waals surface area contributed by atoms with E-state index in [0.29, 0.717) is 18.5 Å². The lowest BCUT2D eigenvalue weighted by atomic mass is 10.1. The van der Waals surface area contributed by atoms with E-state index in [-0.39, 0.29) is 11.9 Å². The van der Waals surface area contributed by atoms with Crippen molar-refractivity contribution in [1.29, 1.82) is 5.26 Å². The van der Waals surface area contributed by atoms with Crippen LogP contribution >= 0.6 is 0 Å². The van der Waals surface area contributed by atoms with Crippen molar-refractivity contribution in [2.45, 2.75) is 25.8 Å². The molecule has 3 N–H and O–H groups in total. The predicted molar refractivity (Wildman–Crippen MR) is 62.4 cm³/mol. The van der Waals surface area contributed by atoms with Gasteiger partial charge in [0.15, 0.2) is 0 Å². The Labute approximate surface area is 95.1 Å². The van der Waals surface area contributed by atoms with Crippen molar-refractivity contribution >= 4 is 11.6 Å². The van der Waals surface area contributed by atoms with Crippen molar-refractivity contribution in [2.24, 2.45) is 0 Å². The molecule has 0 aliphatic carbocycles. The highest BCUT2D eigenvalue weighted by atomic mass is 16.1. The van der Waals surface area contributed by atoms with Crippen molar-refractivity contribution < 1.29 is 4.79 Å². The van der Waals surface area contributed by atoms with Crippen LogP contribution in [0.5, 0.6) is 0 Å². The summed E-state index contributed by atoms with van der Waals surface area (Å²) in [6.45, 7) is 1.81. The van der Waals surface area contributed by atoms with E-state index in [2.05, 4.69) is 5.32 Å². The molecule has 0 aliphatic heterocycles. The van der Waals surface area contributed by atoms with Crippen LogP contribution in [0.4, 0.5) is 5.69 Å². The molecule has 0 spiro atoms. The standard InChI is InChI=1S/C12H15N3O/c1-9(5-6-13)15-12(16)8-10-3-2-4-11(14)7-10/h2-4,7,9H,5,8,14H2,1H3,(H,15,16). The van der Waals surface area contributed by atoms with E-state index in [1.54, 1.807) is 19.1 Å². The largest absolute Gasteiger partial charge is 0.399 e. The molecule has 0 heterocycles. The summed E-state index contributed by atoms with van der Waals surface area (Å²) < 4.78 is 0. The molecule has 4 heteroatoms. The molecule has 1 atom stereocenters. The number of nitrogen functional groups attached to an aromatic ring is 1. The van der Waals surface area contributed by atoms with Gasteiger partial charge in [0.1, 0.15) is 0 Å². The van der Waals surface area contributed by atoms with Crippen LogP contribution in [0.2, 0.25) is 0 Å². The molecule has 1 aromatic carbocycles.